The molecule has 0 aromatic heterocycles. The molecular weight excluding hydrogens is 278 g/mol. The molecule has 1 unspecified atom stereocenters. The van der Waals surface area contributed by atoms with Crippen LogP contribution in [0.3, 0.4) is 0 Å². The molecule has 0 radical (unpaired) electrons. The van der Waals surface area contributed by atoms with Gasteiger partial charge in [0, 0.05) is 11.7 Å². The van der Waals surface area contributed by atoms with E-state index in [1.165, 1.54) is 12.1 Å². The Labute approximate surface area is 110 Å². The Balaban J connectivity index is 2.16. The van der Waals surface area contributed by atoms with Gasteiger partial charge in [0.2, 0.25) is 0 Å². The number of hydrogen-bond acceptors (Lipinski definition) is 4. The van der Waals surface area contributed by atoms with E-state index in [1.807, 2.05) is 0 Å². The monoisotopic (exact) mass is 289 g/mol. The molecule has 2 N–H and O–H groups in total. The van der Waals surface area contributed by atoms with Crippen molar-refractivity contribution in [1.82, 2.24) is 0 Å². The molecule has 0 amide bonds. The van der Waals surface area contributed by atoms with Crippen molar-refractivity contribution in [1.29, 1.82) is 0 Å². The van der Waals surface area contributed by atoms with Gasteiger partial charge < -0.3 is 10.4 Å². The molecule has 0 aliphatic carbocycles. The summed E-state index contributed by atoms with van der Waals surface area (Å²) in [5.41, 5.74) is 0.571. The first-order chi connectivity index (χ1) is 8.37. The third-order valence-electron chi connectivity index (χ3n) is 2.80. The summed E-state index contributed by atoms with van der Waals surface area (Å²) in [6, 6.07) is 4.37. The van der Waals surface area contributed by atoms with Gasteiger partial charge in [0.1, 0.15) is 0 Å². The van der Waals surface area contributed by atoms with Gasteiger partial charge in [0.25, 0.3) is 0 Å². The van der Waals surface area contributed by atoms with E-state index in [-0.39, 0.29) is 28.1 Å². The Morgan fingerprint density at radius 2 is 2.17 bits per heavy atom. The van der Waals surface area contributed by atoms with Gasteiger partial charge in [-0.1, -0.05) is 11.6 Å². The summed E-state index contributed by atoms with van der Waals surface area (Å²) in [6.45, 7) is 0. The second kappa shape index (κ2) is 4.78. The molecule has 0 spiro atoms. The lowest BCUT2D eigenvalue weighted by atomic mass is 10.1. The summed E-state index contributed by atoms with van der Waals surface area (Å²) in [6.07, 6.45) is 0.535. The smallest absolute Gasteiger partial charge is 0.337 e. The zero-order chi connectivity index (χ0) is 13.3. The van der Waals surface area contributed by atoms with Crippen LogP contribution in [0.5, 0.6) is 0 Å². The lowest BCUT2D eigenvalue weighted by Crippen LogP contribution is -2.20. The molecule has 1 saturated heterocycles. The minimum atomic E-state index is -2.96. The van der Waals surface area contributed by atoms with E-state index in [0.717, 1.165) is 0 Å². The number of sulfone groups is 1. The predicted molar refractivity (Wildman–Crippen MR) is 69.1 cm³/mol. The van der Waals surface area contributed by atoms with Crippen LogP contribution in [0.4, 0.5) is 5.69 Å². The quantitative estimate of drug-likeness (QED) is 0.884. The summed E-state index contributed by atoms with van der Waals surface area (Å²) in [5, 5.41) is 12.1. The Morgan fingerprint density at radius 1 is 1.44 bits per heavy atom. The summed E-state index contributed by atoms with van der Waals surface area (Å²) >= 11 is 5.75. The number of anilines is 1. The highest BCUT2D eigenvalue weighted by molar-refractivity contribution is 7.91. The maximum absolute atomic E-state index is 11.3. The fourth-order valence-corrected chi connectivity index (χ4v) is 3.80. The molecule has 5 nitrogen and oxygen atoms in total. The first-order valence-corrected chi connectivity index (χ1v) is 7.57. The van der Waals surface area contributed by atoms with Crippen molar-refractivity contribution in [2.45, 2.75) is 12.5 Å². The third-order valence-corrected chi connectivity index (χ3v) is 4.90. The highest BCUT2D eigenvalue weighted by Crippen LogP contribution is 2.23. The van der Waals surface area contributed by atoms with Crippen molar-refractivity contribution < 1.29 is 18.3 Å². The van der Waals surface area contributed by atoms with Crippen molar-refractivity contribution in [2.24, 2.45) is 0 Å². The van der Waals surface area contributed by atoms with Crippen LogP contribution in [0.1, 0.15) is 16.8 Å². The van der Waals surface area contributed by atoms with Gasteiger partial charge in [0.15, 0.2) is 9.84 Å². The van der Waals surface area contributed by atoms with E-state index in [2.05, 4.69) is 5.32 Å². The zero-order valence-corrected chi connectivity index (χ0v) is 11.0. The van der Waals surface area contributed by atoms with Crippen LogP contribution in [-0.4, -0.2) is 37.0 Å². The van der Waals surface area contributed by atoms with Gasteiger partial charge in [-0.3, -0.25) is 0 Å². The minimum absolute atomic E-state index is 0.00233. The maximum Gasteiger partial charge on any atom is 0.337 e. The first kappa shape index (κ1) is 13.2. The molecular formula is C11H12ClNO4S. The number of nitrogens with one attached hydrogen (secondary N) is 1. The number of carboxylic acid groups (broad SMARTS) is 1. The molecule has 1 aromatic carbocycles. The van der Waals surface area contributed by atoms with E-state index >= 15 is 0 Å². The Kier molecular flexibility index (Phi) is 3.49. The molecule has 2 rings (SSSR count). The average molecular weight is 290 g/mol. The van der Waals surface area contributed by atoms with Crippen molar-refractivity contribution in [3.63, 3.8) is 0 Å². The average Bonchev–Trinajstić information content (AvgIpc) is 2.60. The van der Waals surface area contributed by atoms with Crippen LogP contribution in [0, 0.1) is 0 Å². The highest BCUT2D eigenvalue weighted by atomic mass is 35.5. The normalized spacial score (nSPS) is 21.7. The summed E-state index contributed by atoms with van der Waals surface area (Å²) in [7, 11) is -2.96. The number of rotatable bonds is 3. The molecule has 98 valence electrons. The lowest BCUT2D eigenvalue weighted by Gasteiger charge is -2.13. The van der Waals surface area contributed by atoms with E-state index in [1.54, 1.807) is 6.07 Å². The van der Waals surface area contributed by atoms with Gasteiger partial charge in [0.05, 0.1) is 22.1 Å². The van der Waals surface area contributed by atoms with Crippen molar-refractivity contribution in [2.75, 3.05) is 16.8 Å². The van der Waals surface area contributed by atoms with Gasteiger partial charge in [-0.15, -0.1) is 0 Å². The van der Waals surface area contributed by atoms with Crippen LogP contribution in [0.15, 0.2) is 18.2 Å². The van der Waals surface area contributed by atoms with E-state index < -0.39 is 15.8 Å². The number of halogens is 1. The second-order valence-electron chi connectivity index (χ2n) is 4.24. The Bertz CT molecular complexity index is 585. The number of benzene rings is 1. The van der Waals surface area contributed by atoms with Crippen LogP contribution < -0.4 is 5.32 Å². The molecule has 18 heavy (non-hydrogen) atoms. The molecule has 1 aliphatic rings. The number of carboxylic acids is 1. The van der Waals surface area contributed by atoms with Gasteiger partial charge >= 0.3 is 5.97 Å². The summed E-state index contributed by atoms with van der Waals surface area (Å²) in [4.78, 5) is 10.9. The number of aromatic carboxylic acids is 1. The lowest BCUT2D eigenvalue weighted by molar-refractivity contribution is 0.0697. The van der Waals surface area contributed by atoms with Gasteiger partial charge in [-0.2, -0.15) is 0 Å². The van der Waals surface area contributed by atoms with Crippen molar-refractivity contribution in [3.8, 4) is 0 Å². The Hall–Kier alpha value is -1.27. The number of hydrogen-bond donors (Lipinski definition) is 2. The van der Waals surface area contributed by atoms with Crippen LogP contribution in [-0.2, 0) is 9.84 Å². The molecule has 0 bridgehead atoms. The van der Waals surface area contributed by atoms with E-state index in [4.69, 9.17) is 16.7 Å². The van der Waals surface area contributed by atoms with Crippen LogP contribution in [0.2, 0.25) is 5.02 Å². The largest absolute Gasteiger partial charge is 0.478 e. The third kappa shape index (κ3) is 2.94. The second-order valence-corrected chi connectivity index (χ2v) is 6.88. The molecule has 0 saturated carbocycles. The van der Waals surface area contributed by atoms with E-state index in [9.17, 15) is 13.2 Å². The fraction of sp³-hybridized carbons (Fsp3) is 0.364. The maximum atomic E-state index is 11.3. The van der Waals surface area contributed by atoms with Gasteiger partial charge in [-0.25, -0.2) is 13.2 Å². The predicted octanol–water partition coefficient (Wildman–Crippen LogP) is 1.64. The molecule has 1 fully saturated rings. The molecule has 1 heterocycles. The topological polar surface area (TPSA) is 83.5 Å². The standard InChI is InChI=1S/C11H12ClNO4S/c12-10-2-1-7(5-9(10)11(14)15)13-8-3-4-18(16,17)6-8/h1-2,5,8,13H,3-4,6H2,(H,14,15). The van der Waals surface area contributed by atoms with Crippen LogP contribution >= 0.6 is 11.6 Å². The molecule has 1 atom stereocenters. The molecule has 1 aliphatic heterocycles. The number of carbonyl (C=O) groups is 1. The molecule has 7 heteroatoms. The summed E-state index contributed by atoms with van der Waals surface area (Å²) in [5.74, 6) is -0.857. The SMILES string of the molecule is O=C(O)c1cc(NC2CCS(=O)(=O)C2)ccc1Cl. The first-order valence-electron chi connectivity index (χ1n) is 5.37. The van der Waals surface area contributed by atoms with Gasteiger partial charge in [-0.05, 0) is 24.6 Å². The highest BCUT2D eigenvalue weighted by Gasteiger charge is 2.27. The van der Waals surface area contributed by atoms with Crippen molar-refractivity contribution in [3.05, 3.63) is 28.8 Å². The zero-order valence-electron chi connectivity index (χ0n) is 9.39. The minimum Gasteiger partial charge on any atom is -0.478 e. The molecule has 1 aromatic rings. The Morgan fingerprint density at radius 3 is 2.72 bits per heavy atom. The fourth-order valence-electron chi connectivity index (χ4n) is 1.92. The van der Waals surface area contributed by atoms with Crippen molar-refractivity contribution >= 4 is 33.1 Å². The summed E-state index contributed by atoms with van der Waals surface area (Å²) < 4.78 is 22.6. The van der Waals surface area contributed by atoms with Crippen LogP contribution in [0.25, 0.3) is 0 Å². The van der Waals surface area contributed by atoms with E-state index in [0.29, 0.717) is 12.1 Å².